The van der Waals surface area contributed by atoms with Crippen molar-refractivity contribution in [2.45, 2.75) is 60.2 Å². The number of rotatable bonds is 9. The average Bonchev–Trinajstić information content (AvgIpc) is 3.21. The van der Waals surface area contributed by atoms with Crippen molar-refractivity contribution >= 4 is 0 Å². The van der Waals surface area contributed by atoms with Crippen LogP contribution >= 0.6 is 0 Å². The number of para-hydroxylation sites is 1. The fourth-order valence-corrected chi connectivity index (χ4v) is 2.40. The Morgan fingerprint density at radius 2 is 1.58 bits per heavy atom. The standard InChI is InChI=1S/C11H15NO.C9H18O2.C2H6/c1-2-6-11(7-3-1)13-10-12-8-4-5-9-12;1-4-7-8-9(10-5-2)11-6-3;1-2/h1-3,6-7H,4-5,8-10H2;4,7,9H,5-6,8H2,1-3H3;1-2H3/b;7-4+;. The number of ether oxygens (including phenoxy) is 3. The number of likely N-dealkylation sites (tertiary alicyclic amines) is 1. The summed E-state index contributed by atoms with van der Waals surface area (Å²) < 4.78 is 16.2. The molecule has 1 aromatic carbocycles. The molecule has 1 saturated heterocycles. The average molecular weight is 366 g/mol. The van der Waals surface area contributed by atoms with Gasteiger partial charge in [0.15, 0.2) is 6.29 Å². The highest BCUT2D eigenvalue weighted by atomic mass is 16.7. The van der Waals surface area contributed by atoms with Crippen LogP contribution in [0.5, 0.6) is 5.75 Å². The topological polar surface area (TPSA) is 30.9 Å². The maximum atomic E-state index is 5.62. The number of allylic oxidation sites excluding steroid dienone is 1. The van der Waals surface area contributed by atoms with Gasteiger partial charge in [-0.3, -0.25) is 4.90 Å². The summed E-state index contributed by atoms with van der Waals surface area (Å²) in [6.45, 7) is 14.5. The number of benzene rings is 1. The van der Waals surface area contributed by atoms with Crippen molar-refractivity contribution in [3.05, 3.63) is 42.5 Å². The molecule has 1 heterocycles. The maximum Gasteiger partial charge on any atom is 0.160 e. The lowest BCUT2D eigenvalue weighted by Crippen LogP contribution is -2.24. The summed E-state index contributed by atoms with van der Waals surface area (Å²) in [6.07, 6.45) is 7.48. The zero-order valence-corrected chi connectivity index (χ0v) is 17.4. The molecular weight excluding hydrogens is 326 g/mol. The Morgan fingerprint density at radius 3 is 2.08 bits per heavy atom. The lowest BCUT2D eigenvalue weighted by molar-refractivity contribution is -0.133. The molecule has 0 bridgehead atoms. The van der Waals surface area contributed by atoms with Crippen LogP contribution in [0.3, 0.4) is 0 Å². The van der Waals surface area contributed by atoms with Gasteiger partial charge in [-0.2, -0.15) is 0 Å². The quantitative estimate of drug-likeness (QED) is 0.427. The van der Waals surface area contributed by atoms with Gasteiger partial charge in [0.2, 0.25) is 0 Å². The molecule has 1 fully saturated rings. The van der Waals surface area contributed by atoms with Gasteiger partial charge in [-0.05, 0) is 45.7 Å². The van der Waals surface area contributed by atoms with Gasteiger partial charge in [-0.15, -0.1) is 0 Å². The van der Waals surface area contributed by atoms with E-state index in [0.717, 1.165) is 18.9 Å². The molecule has 0 atom stereocenters. The molecular formula is C22H39NO3. The van der Waals surface area contributed by atoms with Gasteiger partial charge in [0, 0.05) is 32.7 Å². The van der Waals surface area contributed by atoms with E-state index in [1.54, 1.807) is 0 Å². The van der Waals surface area contributed by atoms with E-state index in [1.165, 1.54) is 25.9 Å². The van der Waals surface area contributed by atoms with E-state index >= 15 is 0 Å². The van der Waals surface area contributed by atoms with E-state index in [9.17, 15) is 0 Å². The number of hydrogen-bond acceptors (Lipinski definition) is 4. The largest absolute Gasteiger partial charge is 0.478 e. The van der Waals surface area contributed by atoms with Crippen LogP contribution in [-0.2, 0) is 9.47 Å². The van der Waals surface area contributed by atoms with Crippen LogP contribution < -0.4 is 4.74 Å². The molecule has 4 heteroatoms. The van der Waals surface area contributed by atoms with Crippen molar-refractivity contribution < 1.29 is 14.2 Å². The second-order valence-electron chi connectivity index (χ2n) is 5.56. The molecule has 4 nitrogen and oxygen atoms in total. The van der Waals surface area contributed by atoms with E-state index in [0.29, 0.717) is 13.2 Å². The molecule has 0 saturated carbocycles. The fraction of sp³-hybridized carbons (Fsp3) is 0.636. The summed E-state index contributed by atoms with van der Waals surface area (Å²) in [5.74, 6) is 0.967. The molecule has 0 aromatic heterocycles. The summed E-state index contributed by atoms with van der Waals surface area (Å²) >= 11 is 0. The van der Waals surface area contributed by atoms with Crippen LogP contribution in [0.1, 0.15) is 53.9 Å². The third-order valence-corrected chi connectivity index (χ3v) is 3.63. The van der Waals surface area contributed by atoms with E-state index < -0.39 is 0 Å². The molecule has 0 aliphatic carbocycles. The highest BCUT2D eigenvalue weighted by molar-refractivity contribution is 5.20. The Labute approximate surface area is 161 Å². The Hall–Kier alpha value is -1.36. The molecule has 26 heavy (non-hydrogen) atoms. The predicted octanol–water partition coefficient (Wildman–Crippen LogP) is 5.50. The molecule has 0 N–H and O–H groups in total. The third-order valence-electron chi connectivity index (χ3n) is 3.63. The minimum atomic E-state index is -0.0544. The molecule has 2 rings (SSSR count). The summed E-state index contributed by atoms with van der Waals surface area (Å²) in [5, 5.41) is 0. The molecule has 1 aliphatic rings. The maximum absolute atomic E-state index is 5.62. The lowest BCUT2D eigenvalue weighted by Gasteiger charge is -2.15. The zero-order valence-electron chi connectivity index (χ0n) is 17.4. The van der Waals surface area contributed by atoms with Crippen molar-refractivity contribution in [3.8, 4) is 5.75 Å². The van der Waals surface area contributed by atoms with Crippen LogP contribution in [0.2, 0.25) is 0 Å². The predicted molar refractivity (Wildman–Crippen MR) is 111 cm³/mol. The summed E-state index contributed by atoms with van der Waals surface area (Å²) in [5.41, 5.74) is 0. The van der Waals surface area contributed by atoms with E-state index in [2.05, 4.69) is 11.0 Å². The van der Waals surface area contributed by atoms with E-state index in [1.807, 2.05) is 71.0 Å². The van der Waals surface area contributed by atoms with Crippen LogP contribution in [0.15, 0.2) is 42.5 Å². The van der Waals surface area contributed by atoms with Crippen molar-refractivity contribution in [1.82, 2.24) is 4.90 Å². The van der Waals surface area contributed by atoms with E-state index in [4.69, 9.17) is 14.2 Å². The van der Waals surface area contributed by atoms with Crippen molar-refractivity contribution in [2.24, 2.45) is 0 Å². The smallest absolute Gasteiger partial charge is 0.160 e. The minimum absolute atomic E-state index is 0.0544. The van der Waals surface area contributed by atoms with Crippen molar-refractivity contribution in [1.29, 1.82) is 0 Å². The lowest BCUT2D eigenvalue weighted by atomic mass is 10.3. The second-order valence-corrected chi connectivity index (χ2v) is 5.56. The fourth-order valence-electron chi connectivity index (χ4n) is 2.40. The van der Waals surface area contributed by atoms with Gasteiger partial charge >= 0.3 is 0 Å². The first-order valence-electron chi connectivity index (χ1n) is 10.0. The molecule has 1 aromatic rings. The second kappa shape index (κ2) is 18.4. The summed E-state index contributed by atoms with van der Waals surface area (Å²) in [7, 11) is 0. The first kappa shape index (κ1) is 24.6. The van der Waals surface area contributed by atoms with Crippen LogP contribution in [0, 0.1) is 0 Å². The number of hydrogen-bond donors (Lipinski definition) is 0. The Morgan fingerprint density at radius 1 is 1.00 bits per heavy atom. The Balaban J connectivity index is 0.000000446. The first-order valence-corrected chi connectivity index (χ1v) is 10.0. The van der Waals surface area contributed by atoms with Crippen LogP contribution in [-0.4, -0.2) is 44.2 Å². The van der Waals surface area contributed by atoms with Crippen molar-refractivity contribution in [2.75, 3.05) is 33.0 Å². The minimum Gasteiger partial charge on any atom is -0.478 e. The van der Waals surface area contributed by atoms with Crippen LogP contribution in [0.25, 0.3) is 0 Å². The zero-order chi connectivity index (χ0) is 19.5. The summed E-state index contributed by atoms with van der Waals surface area (Å²) in [4.78, 5) is 2.34. The Kier molecular flexibility index (Phi) is 17.5. The summed E-state index contributed by atoms with van der Waals surface area (Å²) in [6, 6.07) is 9.99. The molecule has 150 valence electrons. The number of nitrogens with zero attached hydrogens (tertiary/aromatic N) is 1. The first-order chi connectivity index (χ1) is 12.8. The van der Waals surface area contributed by atoms with Gasteiger partial charge in [0.05, 0.1) is 0 Å². The molecule has 1 aliphatic heterocycles. The monoisotopic (exact) mass is 365 g/mol. The highest BCUT2D eigenvalue weighted by Gasteiger charge is 2.10. The normalized spacial score (nSPS) is 13.9. The third kappa shape index (κ3) is 12.9. The highest BCUT2D eigenvalue weighted by Crippen LogP contribution is 2.11. The van der Waals surface area contributed by atoms with Gasteiger partial charge in [0.1, 0.15) is 12.5 Å². The van der Waals surface area contributed by atoms with Gasteiger partial charge in [-0.1, -0.05) is 44.2 Å². The SMILES string of the molecule is C/C=C/CC(OCC)OCC.CC.c1ccc(OCN2CCCC2)cc1. The molecule has 0 amide bonds. The molecule has 0 radical (unpaired) electrons. The van der Waals surface area contributed by atoms with Crippen LogP contribution in [0.4, 0.5) is 0 Å². The Bertz CT molecular complexity index is 411. The van der Waals surface area contributed by atoms with E-state index in [-0.39, 0.29) is 6.29 Å². The van der Waals surface area contributed by atoms with Gasteiger partial charge < -0.3 is 14.2 Å². The van der Waals surface area contributed by atoms with Gasteiger partial charge in [-0.25, -0.2) is 0 Å². The molecule has 0 unspecified atom stereocenters. The van der Waals surface area contributed by atoms with Crippen molar-refractivity contribution in [3.63, 3.8) is 0 Å². The van der Waals surface area contributed by atoms with Gasteiger partial charge in [0.25, 0.3) is 0 Å². The molecule has 0 spiro atoms.